The first-order valence-corrected chi connectivity index (χ1v) is 11.3. The monoisotopic (exact) mass is 490 g/mol. The average Bonchev–Trinajstić information content (AvgIpc) is 3.58. The van der Waals surface area contributed by atoms with Crippen LogP contribution in [0.4, 0.5) is 8.78 Å². The molecule has 0 spiro atoms. The van der Waals surface area contributed by atoms with Crippen LogP contribution in [0.5, 0.6) is 0 Å². The third kappa shape index (κ3) is 4.35. The summed E-state index contributed by atoms with van der Waals surface area (Å²) in [6.07, 6.45) is 8.37. The van der Waals surface area contributed by atoms with Crippen molar-refractivity contribution < 1.29 is 13.6 Å². The average molecular weight is 491 g/mol. The second kappa shape index (κ2) is 8.67. The number of halogens is 2. The summed E-state index contributed by atoms with van der Waals surface area (Å²) in [6.45, 7) is 5.68. The molecule has 0 bridgehead atoms. The molecule has 0 aliphatic heterocycles. The van der Waals surface area contributed by atoms with Gasteiger partial charge in [-0.3, -0.25) is 14.2 Å². The fourth-order valence-electron chi connectivity index (χ4n) is 3.81. The molecule has 184 valence electrons. The molecule has 0 atom stereocenters. The van der Waals surface area contributed by atoms with Gasteiger partial charge in [-0.15, -0.1) is 0 Å². The van der Waals surface area contributed by atoms with Crippen LogP contribution in [0.1, 0.15) is 36.8 Å². The highest BCUT2D eigenvalue weighted by Gasteiger charge is 2.20. The highest BCUT2D eigenvalue weighted by Crippen LogP contribution is 2.30. The maximum absolute atomic E-state index is 15.3. The molecule has 4 heterocycles. The lowest BCUT2D eigenvalue weighted by atomic mass is 10.1. The van der Waals surface area contributed by atoms with Crippen molar-refractivity contribution in [3.05, 3.63) is 78.1 Å². The van der Waals surface area contributed by atoms with Gasteiger partial charge in [0.2, 0.25) is 0 Å². The van der Waals surface area contributed by atoms with E-state index >= 15 is 8.78 Å². The van der Waals surface area contributed by atoms with Gasteiger partial charge in [-0.2, -0.15) is 15.3 Å². The van der Waals surface area contributed by atoms with Crippen LogP contribution in [0.2, 0.25) is 0 Å². The zero-order valence-corrected chi connectivity index (χ0v) is 20.2. The van der Waals surface area contributed by atoms with Crippen LogP contribution in [0.3, 0.4) is 0 Å². The van der Waals surface area contributed by atoms with Crippen molar-refractivity contribution in [2.24, 2.45) is 7.05 Å². The molecule has 1 N–H and O–H groups in total. The quantitative estimate of drug-likeness (QED) is 0.403. The smallest absolute Gasteiger partial charge is 0.272 e. The number of rotatable bonds is 5. The maximum Gasteiger partial charge on any atom is 0.272 e. The molecule has 5 rings (SSSR count). The van der Waals surface area contributed by atoms with Crippen molar-refractivity contribution >= 4 is 11.4 Å². The van der Waals surface area contributed by atoms with Gasteiger partial charge in [0.1, 0.15) is 17.3 Å². The summed E-state index contributed by atoms with van der Waals surface area (Å²) in [5, 5.41) is 15.3. The van der Waals surface area contributed by atoms with E-state index in [2.05, 4.69) is 25.6 Å². The molecular weight excluding hydrogens is 466 g/mol. The van der Waals surface area contributed by atoms with E-state index in [0.717, 1.165) is 12.1 Å². The zero-order valence-electron chi connectivity index (χ0n) is 20.2. The number of nitrogens with one attached hydrogen (secondary N) is 1. The molecular formula is C25H24F2N8O. The molecule has 0 unspecified atom stereocenters. The number of hydrogen-bond acceptors (Lipinski definition) is 5. The molecule has 4 aromatic heterocycles. The molecule has 1 aromatic carbocycles. The summed E-state index contributed by atoms with van der Waals surface area (Å²) in [7, 11) is 1.78. The first-order valence-electron chi connectivity index (χ1n) is 11.3. The molecule has 11 heteroatoms. The van der Waals surface area contributed by atoms with Gasteiger partial charge >= 0.3 is 0 Å². The Labute approximate surface area is 205 Å². The van der Waals surface area contributed by atoms with Crippen LogP contribution in [0, 0.1) is 11.6 Å². The number of carbonyl (C=O) groups excluding carboxylic acids is 1. The Balaban J connectivity index is 1.43. The minimum absolute atomic E-state index is 0.00722. The summed E-state index contributed by atoms with van der Waals surface area (Å²) >= 11 is 0. The molecule has 0 saturated carbocycles. The Morgan fingerprint density at radius 3 is 2.58 bits per heavy atom. The van der Waals surface area contributed by atoms with Crippen LogP contribution < -0.4 is 5.32 Å². The van der Waals surface area contributed by atoms with Gasteiger partial charge < -0.3 is 5.32 Å². The molecule has 0 radical (unpaired) electrons. The third-order valence-corrected chi connectivity index (χ3v) is 5.73. The second-order valence-corrected chi connectivity index (χ2v) is 9.46. The van der Waals surface area contributed by atoms with Crippen molar-refractivity contribution in [1.29, 1.82) is 0 Å². The van der Waals surface area contributed by atoms with E-state index in [1.54, 1.807) is 64.0 Å². The maximum atomic E-state index is 15.3. The van der Waals surface area contributed by atoms with Crippen molar-refractivity contribution in [3.63, 3.8) is 0 Å². The fourth-order valence-corrected chi connectivity index (χ4v) is 3.81. The van der Waals surface area contributed by atoms with Crippen LogP contribution in [0.15, 0.2) is 55.2 Å². The minimum atomic E-state index is -0.670. The summed E-state index contributed by atoms with van der Waals surface area (Å²) < 4.78 is 35.2. The van der Waals surface area contributed by atoms with E-state index in [9.17, 15) is 4.79 Å². The van der Waals surface area contributed by atoms with E-state index < -0.39 is 17.5 Å². The number of fused-ring (bicyclic) bond motifs is 1. The lowest BCUT2D eigenvalue weighted by molar-refractivity contribution is 0.0944. The number of hydrogen-bond donors (Lipinski definition) is 1. The van der Waals surface area contributed by atoms with Crippen molar-refractivity contribution in [2.75, 3.05) is 0 Å². The highest BCUT2D eigenvalue weighted by atomic mass is 19.1. The number of carbonyl (C=O) groups is 1. The van der Waals surface area contributed by atoms with Crippen LogP contribution in [0.25, 0.3) is 28.0 Å². The lowest BCUT2D eigenvalue weighted by Gasteiger charge is -2.18. The van der Waals surface area contributed by atoms with Crippen LogP contribution in [-0.2, 0) is 19.1 Å². The van der Waals surface area contributed by atoms with E-state index in [1.165, 1.54) is 0 Å². The zero-order chi connectivity index (χ0) is 25.6. The number of aryl methyl sites for hydroxylation is 1. The Kier molecular flexibility index (Phi) is 5.62. The number of nitrogens with zero attached hydrogens (tertiary/aromatic N) is 7. The number of aromatic nitrogens is 7. The normalized spacial score (nSPS) is 11.8. The fraction of sp³-hybridized carbons (Fsp3) is 0.240. The molecule has 36 heavy (non-hydrogen) atoms. The van der Waals surface area contributed by atoms with Gasteiger partial charge in [0.15, 0.2) is 0 Å². The highest BCUT2D eigenvalue weighted by molar-refractivity contribution is 5.92. The van der Waals surface area contributed by atoms with Gasteiger partial charge in [-0.05, 0) is 45.0 Å². The Bertz CT molecular complexity index is 1590. The molecule has 0 aliphatic carbocycles. The number of benzene rings is 1. The Morgan fingerprint density at radius 1 is 1.08 bits per heavy atom. The van der Waals surface area contributed by atoms with E-state index in [-0.39, 0.29) is 34.6 Å². The first kappa shape index (κ1) is 23.3. The van der Waals surface area contributed by atoms with Crippen molar-refractivity contribution in [1.82, 2.24) is 39.5 Å². The van der Waals surface area contributed by atoms with Crippen LogP contribution in [-0.4, -0.2) is 40.1 Å². The first-order chi connectivity index (χ1) is 17.1. The summed E-state index contributed by atoms with van der Waals surface area (Å²) in [6, 6.07) is 5.42. The SMILES string of the molecule is Cn1cc(-c2cn3nccc3c(-c3cc(F)c(CNC(=O)c4ccn(C(C)(C)C)n4)cc3F)n2)cn1. The minimum Gasteiger partial charge on any atom is -0.346 e. The standard InChI is InChI=1S/C25H24F2N8O/c1-25(2,3)35-8-6-20(32-35)24(36)28-11-15-9-19(27)17(10-18(15)26)23-22-5-7-29-34(22)14-21(31-23)16-12-30-33(4)13-16/h5-10,12-14H,11H2,1-4H3,(H,28,36). The number of amides is 1. The second-order valence-electron chi connectivity index (χ2n) is 9.46. The topological polar surface area (TPSA) is 94.9 Å². The molecule has 1 amide bonds. The molecule has 0 fully saturated rings. The van der Waals surface area contributed by atoms with E-state index in [0.29, 0.717) is 16.8 Å². The third-order valence-electron chi connectivity index (χ3n) is 5.73. The van der Waals surface area contributed by atoms with Gasteiger partial charge in [-0.25, -0.2) is 18.3 Å². The molecule has 5 aromatic rings. The molecule has 0 aliphatic rings. The largest absolute Gasteiger partial charge is 0.346 e. The van der Waals surface area contributed by atoms with Crippen molar-refractivity contribution in [3.8, 4) is 22.5 Å². The predicted octanol–water partition coefficient (Wildman–Crippen LogP) is 3.96. The van der Waals surface area contributed by atoms with E-state index in [4.69, 9.17) is 0 Å². The summed E-state index contributed by atoms with van der Waals surface area (Å²) in [4.78, 5) is 17.1. The lowest BCUT2D eigenvalue weighted by Crippen LogP contribution is -2.26. The molecule has 0 saturated heterocycles. The predicted molar refractivity (Wildman–Crippen MR) is 129 cm³/mol. The van der Waals surface area contributed by atoms with Crippen LogP contribution >= 0.6 is 0 Å². The Morgan fingerprint density at radius 2 is 1.89 bits per heavy atom. The van der Waals surface area contributed by atoms with Gasteiger partial charge in [-0.1, -0.05) is 0 Å². The molecule has 9 nitrogen and oxygen atoms in total. The summed E-state index contributed by atoms with van der Waals surface area (Å²) in [5.41, 5.74) is 1.90. The van der Waals surface area contributed by atoms with E-state index in [1.807, 2.05) is 20.8 Å². The van der Waals surface area contributed by atoms with Gasteiger partial charge in [0.25, 0.3) is 5.91 Å². The van der Waals surface area contributed by atoms with Crippen molar-refractivity contribution in [2.45, 2.75) is 32.9 Å². The van der Waals surface area contributed by atoms with Gasteiger partial charge in [0, 0.05) is 42.7 Å². The van der Waals surface area contributed by atoms with Gasteiger partial charge in [0.05, 0.1) is 41.0 Å². The summed E-state index contributed by atoms with van der Waals surface area (Å²) in [5.74, 6) is -1.82. The Hall–Kier alpha value is -4.41.